The van der Waals surface area contributed by atoms with E-state index >= 15 is 0 Å². The molecule has 0 aliphatic heterocycles. The molecule has 0 aliphatic carbocycles. The van der Waals surface area contributed by atoms with Gasteiger partial charge in [0.2, 0.25) is 0 Å². The van der Waals surface area contributed by atoms with Crippen LogP contribution in [0.3, 0.4) is 0 Å². The van der Waals surface area contributed by atoms with Gasteiger partial charge in [0.1, 0.15) is 22.9 Å². The molecule has 0 spiro atoms. The van der Waals surface area contributed by atoms with Crippen molar-refractivity contribution in [2.24, 2.45) is 0 Å². The van der Waals surface area contributed by atoms with E-state index in [4.69, 9.17) is 26.9 Å². The average molecular weight is 745 g/mol. The maximum Gasteiger partial charge on any atom is 0.194 e. The minimum atomic E-state index is -0.834. The summed E-state index contributed by atoms with van der Waals surface area (Å²) in [6.45, 7) is 4.72. The van der Waals surface area contributed by atoms with Crippen LogP contribution in [-0.2, 0) is 18.5 Å². The van der Waals surface area contributed by atoms with Crippen molar-refractivity contribution in [3.63, 3.8) is 0 Å². The van der Waals surface area contributed by atoms with E-state index < -0.39 is 5.54 Å². The molecule has 0 saturated heterocycles. The Labute approximate surface area is 313 Å². The lowest BCUT2D eigenvalue weighted by molar-refractivity contribution is 0.451. The number of aromatic nitrogens is 8. The third-order valence-electron chi connectivity index (χ3n) is 8.96. The van der Waals surface area contributed by atoms with Crippen molar-refractivity contribution in [1.82, 2.24) is 39.1 Å². The molecule has 8 aromatic rings. The Morgan fingerprint density at radius 1 is 0.804 bits per heavy atom. The van der Waals surface area contributed by atoms with E-state index in [9.17, 15) is 0 Å². The molecule has 12 heteroatoms. The highest BCUT2D eigenvalue weighted by molar-refractivity contribution is 7.17. The highest BCUT2D eigenvalue weighted by atomic mass is 35.5. The average Bonchev–Trinajstić information content (AvgIpc) is 4.02. The van der Waals surface area contributed by atoms with Crippen molar-refractivity contribution in [3.8, 4) is 31.8 Å². The molecule has 0 radical (unpaired) electrons. The largest absolute Gasteiger partial charge is 0.319 e. The Balaban J connectivity index is 1.23. The van der Waals surface area contributed by atoms with Gasteiger partial charge in [0.15, 0.2) is 16.0 Å². The molecule has 0 fully saturated rings. The van der Waals surface area contributed by atoms with E-state index in [1.165, 1.54) is 16.4 Å². The summed E-state index contributed by atoms with van der Waals surface area (Å²) in [6, 6.07) is 38.0. The first-order chi connectivity index (χ1) is 25.1. The van der Waals surface area contributed by atoms with E-state index in [0.717, 1.165) is 73.6 Å². The fourth-order valence-electron chi connectivity index (χ4n) is 6.66. The van der Waals surface area contributed by atoms with Crippen molar-refractivity contribution in [2.75, 3.05) is 0 Å². The minimum Gasteiger partial charge on any atom is -0.319 e. The van der Waals surface area contributed by atoms with Crippen molar-refractivity contribution in [1.29, 1.82) is 0 Å². The molecule has 0 unspecified atom stereocenters. The Morgan fingerprint density at radius 2 is 1.47 bits per heavy atom. The molecule has 0 saturated carbocycles. The molecule has 0 atom stereocenters. The summed E-state index contributed by atoms with van der Waals surface area (Å²) in [5.74, 6) is 2.40. The van der Waals surface area contributed by atoms with Crippen molar-refractivity contribution < 1.29 is 0 Å². The van der Waals surface area contributed by atoms with Gasteiger partial charge in [-0.2, -0.15) is 4.37 Å². The van der Waals surface area contributed by atoms with Gasteiger partial charge in [0.05, 0.1) is 11.4 Å². The number of benzene rings is 3. The van der Waals surface area contributed by atoms with Crippen LogP contribution in [0.25, 0.3) is 31.8 Å². The SMILES string of the molecule is CCCCc1nc(Cl)c(-c2nc(C)ns2)n1Cc1ccc(-c2ccsc2-c2nnnn2C(c2ccccc2)(c2ccccc2)c2ccccc2)s1. The molecular formula is C39H33ClN8S3. The molecule has 51 heavy (non-hydrogen) atoms. The van der Waals surface area contributed by atoms with Crippen molar-refractivity contribution in [3.05, 3.63) is 153 Å². The molecule has 8 rings (SSSR count). The number of halogens is 1. The molecular weight excluding hydrogens is 712 g/mol. The molecule has 0 aliphatic rings. The molecule has 0 bridgehead atoms. The lowest BCUT2D eigenvalue weighted by Gasteiger charge is -2.36. The van der Waals surface area contributed by atoms with Gasteiger partial charge in [-0.3, -0.25) is 0 Å². The smallest absolute Gasteiger partial charge is 0.194 e. The normalized spacial score (nSPS) is 11.7. The second-order valence-corrected chi connectivity index (χ2v) is 15.4. The minimum absolute atomic E-state index is 0.472. The van der Waals surface area contributed by atoms with Crippen LogP contribution in [0.2, 0.25) is 5.15 Å². The van der Waals surface area contributed by atoms with E-state index in [0.29, 0.717) is 17.5 Å². The highest BCUT2D eigenvalue weighted by Gasteiger charge is 2.42. The van der Waals surface area contributed by atoms with Crippen LogP contribution in [0.15, 0.2) is 115 Å². The van der Waals surface area contributed by atoms with Crippen LogP contribution < -0.4 is 0 Å². The first-order valence-corrected chi connectivity index (χ1v) is 19.6. The monoisotopic (exact) mass is 744 g/mol. The molecule has 0 amide bonds. The number of unbranched alkanes of at least 4 members (excludes halogenated alkanes) is 1. The zero-order chi connectivity index (χ0) is 34.8. The number of rotatable bonds is 12. The number of imidazole rings is 1. The van der Waals surface area contributed by atoms with Gasteiger partial charge in [-0.25, -0.2) is 14.6 Å². The number of thiophene rings is 2. The molecule has 0 N–H and O–H groups in total. The fraction of sp³-hybridized carbons (Fsp3) is 0.179. The summed E-state index contributed by atoms with van der Waals surface area (Å²) >= 11 is 11.5. The Kier molecular flexibility index (Phi) is 9.44. The second-order valence-electron chi connectivity index (χ2n) is 12.2. The van der Waals surface area contributed by atoms with Gasteiger partial charge >= 0.3 is 0 Å². The summed E-state index contributed by atoms with van der Waals surface area (Å²) in [7, 11) is 0. The molecule has 254 valence electrons. The summed E-state index contributed by atoms with van der Waals surface area (Å²) < 4.78 is 8.64. The van der Waals surface area contributed by atoms with Gasteiger partial charge in [0.25, 0.3) is 0 Å². The van der Waals surface area contributed by atoms with Gasteiger partial charge in [-0.05, 0) is 75.6 Å². The number of hydrogen-bond donors (Lipinski definition) is 0. The highest BCUT2D eigenvalue weighted by Crippen LogP contribution is 2.45. The predicted octanol–water partition coefficient (Wildman–Crippen LogP) is 10.0. The van der Waals surface area contributed by atoms with E-state index in [-0.39, 0.29) is 0 Å². The number of aryl methyl sites for hydroxylation is 2. The number of hydrogen-bond acceptors (Lipinski definition) is 9. The first kappa shape index (κ1) is 33.3. The second kappa shape index (κ2) is 14.4. The molecule has 5 aromatic heterocycles. The lowest BCUT2D eigenvalue weighted by atomic mass is 9.77. The third-order valence-corrected chi connectivity index (χ3v) is 12.0. The van der Waals surface area contributed by atoms with Crippen LogP contribution in [0.5, 0.6) is 0 Å². The number of nitrogens with zero attached hydrogens (tertiary/aromatic N) is 8. The quantitative estimate of drug-likeness (QED) is 0.116. The maximum absolute atomic E-state index is 6.78. The lowest BCUT2D eigenvalue weighted by Crippen LogP contribution is -2.39. The molecule has 3 aromatic carbocycles. The van der Waals surface area contributed by atoms with E-state index in [2.05, 4.69) is 122 Å². The molecule has 5 heterocycles. The topological polar surface area (TPSA) is 87.2 Å². The Morgan fingerprint density at radius 3 is 2.08 bits per heavy atom. The van der Waals surface area contributed by atoms with Crippen molar-refractivity contribution in [2.45, 2.75) is 45.2 Å². The third kappa shape index (κ3) is 6.14. The van der Waals surface area contributed by atoms with Crippen LogP contribution in [0, 0.1) is 6.92 Å². The summed E-state index contributed by atoms with van der Waals surface area (Å²) in [5, 5.41) is 17.2. The standard InChI is InChI=1S/C39H33ClN8S3/c1-3-4-20-33-42-36(40)34(38-41-26(2)44-51-38)47(33)25-30-21-22-32(50-30)31-23-24-49-35(31)37-43-45-46-48(37)39(27-14-8-5-9-15-27,28-16-10-6-11-17-28)29-18-12-7-13-19-29/h5-19,21-24H,3-4,20,25H2,1-2H3. The number of tetrazole rings is 1. The Bertz CT molecular complexity index is 2280. The summed E-state index contributed by atoms with van der Waals surface area (Å²) in [5.41, 5.74) is 4.27. The van der Waals surface area contributed by atoms with Crippen LogP contribution in [0.1, 0.15) is 53.0 Å². The van der Waals surface area contributed by atoms with E-state index in [1.54, 1.807) is 22.7 Å². The first-order valence-electron chi connectivity index (χ1n) is 16.8. The van der Waals surface area contributed by atoms with Crippen LogP contribution in [-0.4, -0.2) is 39.1 Å². The predicted molar refractivity (Wildman–Crippen MR) is 208 cm³/mol. The van der Waals surface area contributed by atoms with Crippen LogP contribution >= 0.6 is 45.8 Å². The zero-order valence-corrected chi connectivity index (χ0v) is 31.2. The molecule has 8 nitrogen and oxygen atoms in total. The summed E-state index contributed by atoms with van der Waals surface area (Å²) in [4.78, 5) is 12.8. The van der Waals surface area contributed by atoms with Gasteiger partial charge in [0, 0.05) is 21.7 Å². The van der Waals surface area contributed by atoms with Crippen molar-refractivity contribution >= 4 is 45.8 Å². The maximum atomic E-state index is 6.78. The van der Waals surface area contributed by atoms with Gasteiger partial charge in [-0.1, -0.05) is 116 Å². The van der Waals surface area contributed by atoms with Gasteiger partial charge in [-0.15, -0.1) is 27.8 Å². The zero-order valence-electron chi connectivity index (χ0n) is 28.0. The Hall–Kier alpha value is -4.81. The van der Waals surface area contributed by atoms with Gasteiger partial charge < -0.3 is 4.57 Å². The van der Waals surface area contributed by atoms with E-state index in [1.807, 2.05) is 29.8 Å². The van der Waals surface area contributed by atoms with Crippen LogP contribution in [0.4, 0.5) is 0 Å². The summed E-state index contributed by atoms with van der Waals surface area (Å²) in [6.07, 6.45) is 2.94. The fourth-order valence-corrected chi connectivity index (χ4v) is 9.70.